The number of aromatic nitrogens is 3. The molecule has 1 unspecified atom stereocenters. The van der Waals surface area contributed by atoms with Crippen LogP contribution in [0.5, 0.6) is 0 Å². The van der Waals surface area contributed by atoms with Gasteiger partial charge in [0.15, 0.2) is 0 Å². The predicted molar refractivity (Wildman–Crippen MR) is 63.9 cm³/mol. The van der Waals surface area contributed by atoms with Crippen LogP contribution in [0.25, 0.3) is 0 Å². The van der Waals surface area contributed by atoms with Gasteiger partial charge in [-0.1, -0.05) is 20.8 Å². The molecule has 16 heavy (non-hydrogen) atoms. The zero-order valence-electron chi connectivity index (χ0n) is 10.5. The van der Waals surface area contributed by atoms with E-state index in [9.17, 15) is 0 Å². The Hall–Kier alpha value is -0.900. The standard InChI is InChI=1S/C12H22N4/c1-4-5-16-11(14-9-15-16)8-13-7-10-6-12(10,2)3/h9-10,13H,4-8H2,1-3H3. The van der Waals surface area contributed by atoms with E-state index < -0.39 is 0 Å². The maximum absolute atomic E-state index is 4.28. The Morgan fingerprint density at radius 1 is 1.56 bits per heavy atom. The van der Waals surface area contributed by atoms with E-state index in [1.54, 1.807) is 6.33 Å². The molecule has 0 radical (unpaired) electrons. The van der Waals surface area contributed by atoms with Gasteiger partial charge in [0.1, 0.15) is 12.2 Å². The first-order valence-electron chi connectivity index (χ1n) is 6.21. The zero-order chi connectivity index (χ0) is 11.6. The van der Waals surface area contributed by atoms with Crippen molar-refractivity contribution in [2.24, 2.45) is 11.3 Å². The molecule has 0 spiro atoms. The third-order valence-corrected chi connectivity index (χ3v) is 3.52. The monoisotopic (exact) mass is 222 g/mol. The van der Waals surface area contributed by atoms with Crippen molar-refractivity contribution in [1.82, 2.24) is 20.1 Å². The van der Waals surface area contributed by atoms with Crippen molar-refractivity contribution in [3.05, 3.63) is 12.2 Å². The first-order valence-corrected chi connectivity index (χ1v) is 6.21. The van der Waals surface area contributed by atoms with Gasteiger partial charge >= 0.3 is 0 Å². The molecule has 0 aliphatic heterocycles. The maximum Gasteiger partial charge on any atom is 0.140 e. The van der Waals surface area contributed by atoms with E-state index in [0.29, 0.717) is 5.41 Å². The van der Waals surface area contributed by atoms with Crippen molar-refractivity contribution in [3.8, 4) is 0 Å². The highest BCUT2D eigenvalue weighted by Crippen LogP contribution is 2.50. The molecule has 1 heterocycles. The quantitative estimate of drug-likeness (QED) is 0.798. The number of nitrogens with zero attached hydrogens (tertiary/aromatic N) is 3. The molecule has 1 atom stereocenters. The maximum atomic E-state index is 4.28. The molecule has 2 rings (SSSR count). The molecular weight excluding hydrogens is 200 g/mol. The Morgan fingerprint density at radius 2 is 2.31 bits per heavy atom. The molecule has 0 aromatic carbocycles. The van der Waals surface area contributed by atoms with E-state index in [2.05, 4.69) is 36.2 Å². The van der Waals surface area contributed by atoms with Gasteiger partial charge in [0.2, 0.25) is 0 Å². The average molecular weight is 222 g/mol. The molecular formula is C12H22N4. The van der Waals surface area contributed by atoms with Crippen LogP contribution in [0.4, 0.5) is 0 Å². The molecule has 1 aromatic heterocycles. The Balaban J connectivity index is 1.75. The van der Waals surface area contributed by atoms with Crippen LogP contribution in [0.2, 0.25) is 0 Å². The molecule has 1 saturated carbocycles. The topological polar surface area (TPSA) is 42.7 Å². The summed E-state index contributed by atoms with van der Waals surface area (Å²) >= 11 is 0. The fourth-order valence-electron chi connectivity index (χ4n) is 2.11. The largest absolute Gasteiger partial charge is 0.310 e. The lowest BCUT2D eigenvalue weighted by molar-refractivity contribution is 0.497. The molecule has 0 amide bonds. The van der Waals surface area contributed by atoms with Crippen LogP contribution in [0.3, 0.4) is 0 Å². The highest BCUT2D eigenvalue weighted by molar-refractivity contribution is 4.96. The van der Waals surface area contributed by atoms with E-state index in [-0.39, 0.29) is 0 Å². The third kappa shape index (κ3) is 2.61. The molecule has 1 N–H and O–H groups in total. The molecule has 1 aliphatic rings. The predicted octanol–water partition coefficient (Wildman–Crippen LogP) is 1.82. The van der Waals surface area contributed by atoms with Gasteiger partial charge < -0.3 is 5.32 Å². The molecule has 4 heteroatoms. The van der Waals surface area contributed by atoms with Gasteiger partial charge in [-0.2, -0.15) is 5.10 Å². The Bertz CT molecular complexity index is 343. The smallest absolute Gasteiger partial charge is 0.140 e. The second-order valence-corrected chi connectivity index (χ2v) is 5.42. The fraction of sp³-hybridized carbons (Fsp3) is 0.833. The van der Waals surface area contributed by atoms with Crippen LogP contribution in [0, 0.1) is 11.3 Å². The molecule has 4 nitrogen and oxygen atoms in total. The number of hydrogen-bond acceptors (Lipinski definition) is 3. The van der Waals surface area contributed by atoms with Gasteiger partial charge in [0.25, 0.3) is 0 Å². The minimum Gasteiger partial charge on any atom is -0.310 e. The second-order valence-electron chi connectivity index (χ2n) is 5.42. The van der Waals surface area contributed by atoms with Gasteiger partial charge in [-0.05, 0) is 30.7 Å². The molecule has 90 valence electrons. The van der Waals surface area contributed by atoms with Crippen LogP contribution in [-0.4, -0.2) is 21.3 Å². The number of hydrogen-bond donors (Lipinski definition) is 1. The van der Waals surface area contributed by atoms with Crippen molar-refractivity contribution >= 4 is 0 Å². The summed E-state index contributed by atoms with van der Waals surface area (Å²) in [7, 11) is 0. The number of aryl methyl sites for hydroxylation is 1. The van der Waals surface area contributed by atoms with Gasteiger partial charge in [-0.3, -0.25) is 0 Å². The summed E-state index contributed by atoms with van der Waals surface area (Å²) in [4.78, 5) is 4.28. The Morgan fingerprint density at radius 3 is 2.94 bits per heavy atom. The van der Waals surface area contributed by atoms with E-state index in [1.807, 2.05) is 4.68 Å². The van der Waals surface area contributed by atoms with Gasteiger partial charge in [-0.15, -0.1) is 0 Å². The van der Waals surface area contributed by atoms with Gasteiger partial charge in [0.05, 0.1) is 6.54 Å². The van der Waals surface area contributed by atoms with Crippen molar-refractivity contribution in [2.45, 2.75) is 46.7 Å². The molecule has 1 aliphatic carbocycles. The lowest BCUT2D eigenvalue weighted by Gasteiger charge is -2.07. The fourth-order valence-corrected chi connectivity index (χ4v) is 2.11. The average Bonchev–Trinajstić information content (AvgIpc) is 2.63. The summed E-state index contributed by atoms with van der Waals surface area (Å²) in [5.74, 6) is 1.90. The van der Waals surface area contributed by atoms with Crippen LogP contribution < -0.4 is 5.32 Å². The van der Waals surface area contributed by atoms with Gasteiger partial charge in [0, 0.05) is 6.54 Å². The lowest BCUT2D eigenvalue weighted by atomic mass is 10.1. The highest BCUT2D eigenvalue weighted by atomic mass is 15.3. The minimum atomic E-state index is 0.560. The van der Waals surface area contributed by atoms with Gasteiger partial charge in [-0.25, -0.2) is 9.67 Å². The normalized spacial score (nSPS) is 22.3. The van der Waals surface area contributed by atoms with E-state index >= 15 is 0 Å². The van der Waals surface area contributed by atoms with E-state index in [4.69, 9.17) is 0 Å². The molecule has 0 bridgehead atoms. The Labute approximate surface area is 97.5 Å². The highest BCUT2D eigenvalue weighted by Gasteiger charge is 2.44. The Kier molecular flexibility index (Phi) is 3.28. The summed E-state index contributed by atoms with van der Waals surface area (Å²) in [6, 6.07) is 0. The van der Waals surface area contributed by atoms with Crippen LogP contribution in [0.1, 0.15) is 39.4 Å². The SMILES string of the molecule is CCCn1ncnc1CNCC1CC1(C)C. The zero-order valence-corrected chi connectivity index (χ0v) is 10.5. The molecule has 1 fully saturated rings. The first-order chi connectivity index (χ1) is 7.63. The summed E-state index contributed by atoms with van der Waals surface area (Å²) in [6.07, 6.45) is 4.10. The van der Waals surface area contributed by atoms with Crippen LogP contribution in [0.15, 0.2) is 6.33 Å². The molecule has 1 aromatic rings. The van der Waals surface area contributed by atoms with Crippen molar-refractivity contribution in [1.29, 1.82) is 0 Å². The summed E-state index contributed by atoms with van der Waals surface area (Å²) in [5, 5.41) is 7.69. The first kappa shape index (κ1) is 11.6. The lowest BCUT2D eigenvalue weighted by Crippen LogP contribution is -2.21. The number of rotatable bonds is 6. The third-order valence-electron chi connectivity index (χ3n) is 3.52. The van der Waals surface area contributed by atoms with Crippen molar-refractivity contribution in [3.63, 3.8) is 0 Å². The molecule has 0 saturated heterocycles. The van der Waals surface area contributed by atoms with Crippen molar-refractivity contribution < 1.29 is 0 Å². The summed E-state index contributed by atoms with van der Waals surface area (Å²) < 4.78 is 1.99. The van der Waals surface area contributed by atoms with Crippen LogP contribution in [-0.2, 0) is 13.1 Å². The van der Waals surface area contributed by atoms with E-state index in [0.717, 1.165) is 37.8 Å². The second kappa shape index (κ2) is 4.53. The summed E-state index contributed by atoms with van der Waals surface area (Å²) in [6.45, 7) is 9.73. The van der Waals surface area contributed by atoms with E-state index in [1.165, 1.54) is 6.42 Å². The summed E-state index contributed by atoms with van der Waals surface area (Å²) in [5.41, 5.74) is 0.560. The van der Waals surface area contributed by atoms with Crippen LogP contribution >= 0.6 is 0 Å². The number of nitrogens with one attached hydrogen (secondary N) is 1. The van der Waals surface area contributed by atoms with Crippen molar-refractivity contribution in [2.75, 3.05) is 6.54 Å². The minimum absolute atomic E-state index is 0.560.